The summed E-state index contributed by atoms with van der Waals surface area (Å²) in [5, 5.41) is 6.12. The Morgan fingerprint density at radius 1 is 1.25 bits per heavy atom. The van der Waals surface area contributed by atoms with E-state index in [4.69, 9.17) is 4.74 Å². The van der Waals surface area contributed by atoms with Crippen LogP contribution in [0.2, 0.25) is 0 Å². The molecule has 0 unspecified atom stereocenters. The van der Waals surface area contributed by atoms with E-state index in [0.717, 1.165) is 11.4 Å². The normalized spacial score (nSPS) is 11.9. The zero-order valence-electron chi connectivity index (χ0n) is 13.2. The van der Waals surface area contributed by atoms with Crippen LogP contribution in [0.5, 0.6) is 0 Å². The summed E-state index contributed by atoms with van der Waals surface area (Å²) < 4.78 is 4.91. The summed E-state index contributed by atoms with van der Waals surface area (Å²) in [4.78, 5) is 15.9. The largest absolute Gasteiger partial charge is 0.450 e. The third-order valence-corrected chi connectivity index (χ3v) is 2.68. The van der Waals surface area contributed by atoms with E-state index in [1.807, 2.05) is 26.0 Å². The van der Waals surface area contributed by atoms with Crippen LogP contribution in [0.25, 0.3) is 0 Å². The number of hydrogen-bond acceptors (Lipinski definition) is 4. The van der Waals surface area contributed by atoms with Crippen LogP contribution < -0.4 is 10.6 Å². The van der Waals surface area contributed by atoms with Gasteiger partial charge in [0.05, 0.1) is 12.1 Å². The van der Waals surface area contributed by atoms with E-state index in [9.17, 15) is 4.79 Å². The summed E-state index contributed by atoms with van der Waals surface area (Å²) in [5.41, 5.74) is 0.359. The topological polar surface area (TPSA) is 63.2 Å². The second-order valence-corrected chi connectivity index (χ2v) is 6.28. The summed E-state index contributed by atoms with van der Waals surface area (Å²) in [6.45, 7) is 12.2. The van der Waals surface area contributed by atoms with Gasteiger partial charge >= 0.3 is 6.09 Å². The Kier molecular flexibility index (Phi) is 4.98. The highest BCUT2D eigenvalue weighted by Gasteiger charge is 2.24. The molecule has 1 amide bonds. The number of carbonyl (C=O) groups is 1. The molecule has 5 heteroatoms. The van der Waals surface area contributed by atoms with E-state index in [1.54, 1.807) is 13.1 Å². The summed E-state index contributed by atoms with van der Waals surface area (Å²) in [7, 11) is 0. The van der Waals surface area contributed by atoms with Gasteiger partial charge in [0.2, 0.25) is 0 Å². The molecule has 1 heterocycles. The van der Waals surface area contributed by atoms with Gasteiger partial charge < -0.3 is 15.4 Å². The van der Waals surface area contributed by atoms with Gasteiger partial charge in [-0.1, -0.05) is 6.07 Å². The number of nitrogens with zero attached hydrogens (tertiary/aromatic N) is 1. The molecule has 0 saturated carbocycles. The number of carbonyl (C=O) groups excluding carboxylic acids is 1. The molecule has 5 nitrogen and oxygen atoms in total. The molecule has 1 rings (SSSR count). The zero-order chi connectivity index (χ0) is 15.4. The average Bonchev–Trinajstić information content (AvgIpc) is 2.26. The van der Waals surface area contributed by atoms with Gasteiger partial charge in [-0.15, -0.1) is 0 Å². The molecule has 2 N–H and O–H groups in total. The molecule has 0 aliphatic heterocycles. The van der Waals surface area contributed by atoms with E-state index < -0.39 is 11.6 Å². The van der Waals surface area contributed by atoms with Crippen molar-refractivity contribution in [1.82, 2.24) is 10.3 Å². The number of ether oxygens (including phenoxy) is 1. The smallest absolute Gasteiger partial charge is 0.407 e. The van der Waals surface area contributed by atoms with E-state index in [1.165, 1.54) is 0 Å². The summed E-state index contributed by atoms with van der Waals surface area (Å²) in [5.74, 6) is 0.813. The van der Waals surface area contributed by atoms with Crippen LogP contribution >= 0.6 is 0 Å². The monoisotopic (exact) mass is 279 g/mol. The van der Waals surface area contributed by atoms with Gasteiger partial charge in [-0.3, -0.25) is 0 Å². The van der Waals surface area contributed by atoms with Crippen LogP contribution in [0.3, 0.4) is 0 Å². The summed E-state index contributed by atoms with van der Waals surface area (Å²) in [6.07, 6.45) is 1.34. The van der Waals surface area contributed by atoms with Crippen LogP contribution in [0.4, 0.5) is 10.6 Å². The van der Waals surface area contributed by atoms with Crippen molar-refractivity contribution < 1.29 is 9.53 Å². The Hall–Kier alpha value is -1.78. The molecule has 0 radical (unpaired) electrons. The lowest BCUT2D eigenvalue weighted by Gasteiger charge is -2.27. The van der Waals surface area contributed by atoms with Crippen LogP contribution in [-0.4, -0.2) is 23.2 Å². The summed E-state index contributed by atoms with van der Waals surface area (Å²) >= 11 is 0. The van der Waals surface area contributed by atoms with E-state index in [2.05, 4.69) is 36.4 Å². The lowest BCUT2D eigenvalue weighted by atomic mass is 9.96. The fourth-order valence-corrected chi connectivity index (χ4v) is 1.72. The molecule has 0 saturated heterocycles. The minimum Gasteiger partial charge on any atom is -0.450 e. The number of amides is 1. The van der Waals surface area contributed by atoms with Gasteiger partial charge in [0, 0.05) is 11.7 Å². The third kappa shape index (κ3) is 5.07. The number of anilines is 1. The Morgan fingerprint density at radius 2 is 1.90 bits per heavy atom. The standard InChI is InChI=1S/C15H25N3O2/c1-7-20-13(19)18-15(5,6)11-8-9-12(16-10-11)17-14(2,3)4/h8-10H,7H2,1-6H3,(H,16,17)(H,18,19). The predicted molar refractivity (Wildman–Crippen MR) is 80.8 cm³/mol. The molecule has 0 aliphatic carbocycles. The quantitative estimate of drug-likeness (QED) is 0.888. The predicted octanol–water partition coefficient (Wildman–Crippen LogP) is 3.27. The number of rotatable bonds is 4. The van der Waals surface area contributed by atoms with Crippen molar-refractivity contribution in [3.05, 3.63) is 23.9 Å². The first-order chi connectivity index (χ1) is 9.14. The van der Waals surface area contributed by atoms with Crippen molar-refractivity contribution in [2.45, 2.75) is 52.6 Å². The maximum Gasteiger partial charge on any atom is 0.407 e. The maximum atomic E-state index is 11.5. The highest BCUT2D eigenvalue weighted by molar-refractivity contribution is 5.68. The molecule has 112 valence electrons. The molecule has 0 bridgehead atoms. The van der Waals surface area contributed by atoms with Crippen LogP contribution in [0.1, 0.15) is 47.1 Å². The van der Waals surface area contributed by atoms with Crippen molar-refractivity contribution in [3.63, 3.8) is 0 Å². The fourth-order valence-electron chi connectivity index (χ4n) is 1.72. The van der Waals surface area contributed by atoms with Crippen LogP contribution in [0.15, 0.2) is 18.3 Å². The average molecular weight is 279 g/mol. The number of alkyl carbamates (subject to hydrolysis) is 1. The molecule has 1 aromatic rings. The number of hydrogen-bond donors (Lipinski definition) is 2. The van der Waals surface area contributed by atoms with Crippen molar-refractivity contribution in [2.24, 2.45) is 0 Å². The molecule has 1 aromatic heterocycles. The molecular weight excluding hydrogens is 254 g/mol. The first kappa shape index (κ1) is 16.3. The second-order valence-electron chi connectivity index (χ2n) is 6.28. The minimum atomic E-state index is -0.528. The van der Waals surface area contributed by atoms with Gasteiger partial charge in [0.25, 0.3) is 0 Å². The molecule has 20 heavy (non-hydrogen) atoms. The first-order valence-corrected chi connectivity index (χ1v) is 6.84. The van der Waals surface area contributed by atoms with Crippen molar-refractivity contribution >= 4 is 11.9 Å². The van der Waals surface area contributed by atoms with Crippen LogP contribution in [0, 0.1) is 0 Å². The Balaban J connectivity index is 2.78. The molecular formula is C15H25N3O2. The first-order valence-electron chi connectivity index (χ1n) is 6.84. The molecule has 0 fully saturated rings. The minimum absolute atomic E-state index is 0.0345. The van der Waals surface area contributed by atoms with E-state index in [-0.39, 0.29) is 5.54 Å². The zero-order valence-corrected chi connectivity index (χ0v) is 13.2. The van der Waals surface area contributed by atoms with Gasteiger partial charge in [0.15, 0.2) is 0 Å². The van der Waals surface area contributed by atoms with Gasteiger partial charge in [-0.2, -0.15) is 0 Å². The second kappa shape index (κ2) is 6.11. The highest BCUT2D eigenvalue weighted by atomic mass is 16.5. The SMILES string of the molecule is CCOC(=O)NC(C)(C)c1ccc(NC(C)(C)C)nc1. The lowest BCUT2D eigenvalue weighted by molar-refractivity contribution is 0.141. The van der Waals surface area contributed by atoms with E-state index >= 15 is 0 Å². The molecule has 0 spiro atoms. The summed E-state index contributed by atoms with van der Waals surface area (Å²) in [6, 6.07) is 3.86. The van der Waals surface area contributed by atoms with Crippen molar-refractivity contribution in [1.29, 1.82) is 0 Å². The van der Waals surface area contributed by atoms with Gasteiger partial charge in [-0.25, -0.2) is 9.78 Å². The number of nitrogens with one attached hydrogen (secondary N) is 2. The van der Waals surface area contributed by atoms with Crippen molar-refractivity contribution in [2.75, 3.05) is 11.9 Å². The van der Waals surface area contributed by atoms with Crippen molar-refractivity contribution in [3.8, 4) is 0 Å². The van der Waals surface area contributed by atoms with Crippen LogP contribution in [-0.2, 0) is 10.3 Å². The highest BCUT2D eigenvalue weighted by Crippen LogP contribution is 2.21. The molecule has 0 aromatic carbocycles. The Bertz CT molecular complexity index is 447. The molecule has 0 atom stereocenters. The lowest BCUT2D eigenvalue weighted by Crippen LogP contribution is -2.41. The third-order valence-electron chi connectivity index (χ3n) is 2.68. The van der Waals surface area contributed by atoms with E-state index in [0.29, 0.717) is 6.61 Å². The number of pyridine rings is 1. The maximum absolute atomic E-state index is 11.5. The fraction of sp³-hybridized carbons (Fsp3) is 0.600. The number of aromatic nitrogens is 1. The van der Waals surface area contributed by atoms with Gasteiger partial charge in [-0.05, 0) is 53.2 Å². The Labute approximate surface area is 121 Å². The Morgan fingerprint density at radius 3 is 2.35 bits per heavy atom. The van der Waals surface area contributed by atoms with Gasteiger partial charge in [0.1, 0.15) is 5.82 Å². The molecule has 0 aliphatic rings.